The number of sulfonamides is 1. The standard InChI is InChI=1S/C13H22N2O2S2/c1-3-14-10-11-12(6-9-18-11)19(16,17)15-13(2)7-4-5-8-13/h6,9,14-15H,3-5,7-8,10H2,1-2H3. The molecule has 0 amide bonds. The molecule has 1 heterocycles. The number of hydrogen-bond acceptors (Lipinski definition) is 4. The van der Waals surface area contributed by atoms with Crippen LogP contribution in [0, 0.1) is 0 Å². The van der Waals surface area contributed by atoms with Crippen LogP contribution in [0.15, 0.2) is 16.3 Å². The van der Waals surface area contributed by atoms with Gasteiger partial charge in [0.2, 0.25) is 10.0 Å². The molecule has 0 unspecified atom stereocenters. The zero-order valence-corrected chi connectivity index (χ0v) is 13.2. The summed E-state index contributed by atoms with van der Waals surface area (Å²) in [6.45, 7) is 5.47. The molecule has 0 aliphatic heterocycles. The van der Waals surface area contributed by atoms with Gasteiger partial charge in [-0.15, -0.1) is 11.3 Å². The van der Waals surface area contributed by atoms with Gasteiger partial charge in [-0.25, -0.2) is 13.1 Å². The van der Waals surface area contributed by atoms with Crippen molar-refractivity contribution in [3.63, 3.8) is 0 Å². The van der Waals surface area contributed by atoms with Gasteiger partial charge in [0.15, 0.2) is 0 Å². The Labute approximate surface area is 119 Å². The van der Waals surface area contributed by atoms with Crippen LogP contribution in [0.2, 0.25) is 0 Å². The molecular formula is C13H22N2O2S2. The Morgan fingerprint density at radius 1 is 1.37 bits per heavy atom. The van der Waals surface area contributed by atoms with Crippen molar-refractivity contribution in [3.8, 4) is 0 Å². The minimum absolute atomic E-state index is 0.268. The van der Waals surface area contributed by atoms with Crippen LogP contribution in [0.25, 0.3) is 0 Å². The second-order valence-electron chi connectivity index (χ2n) is 5.36. The van der Waals surface area contributed by atoms with Crippen LogP contribution in [0.4, 0.5) is 0 Å². The van der Waals surface area contributed by atoms with E-state index in [1.54, 1.807) is 6.07 Å². The largest absolute Gasteiger partial charge is 0.312 e. The van der Waals surface area contributed by atoms with Crippen LogP contribution in [0.3, 0.4) is 0 Å². The van der Waals surface area contributed by atoms with Crippen molar-refractivity contribution in [1.29, 1.82) is 0 Å². The van der Waals surface area contributed by atoms with Gasteiger partial charge in [-0.1, -0.05) is 19.8 Å². The topological polar surface area (TPSA) is 58.2 Å². The SMILES string of the molecule is CCNCc1sccc1S(=O)(=O)NC1(C)CCCC1. The molecule has 108 valence electrons. The highest BCUT2D eigenvalue weighted by Gasteiger charge is 2.34. The van der Waals surface area contributed by atoms with E-state index in [1.807, 2.05) is 19.2 Å². The fourth-order valence-electron chi connectivity index (χ4n) is 2.57. The first-order valence-corrected chi connectivity index (χ1v) is 9.14. The van der Waals surface area contributed by atoms with E-state index in [0.717, 1.165) is 37.1 Å². The molecule has 1 saturated carbocycles. The lowest BCUT2D eigenvalue weighted by Gasteiger charge is -2.25. The number of thiophene rings is 1. The summed E-state index contributed by atoms with van der Waals surface area (Å²) in [5, 5.41) is 5.03. The molecule has 0 spiro atoms. The molecule has 1 aliphatic rings. The Bertz CT molecular complexity index is 517. The Morgan fingerprint density at radius 2 is 2.05 bits per heavy atom. The maximum atomic E-state index is 12.5. The number of rotatable bonds is 6. The lowest BCUT2D eigenvalue weighted by molar-refractivity contribution is 0.427. The highest BCUT2D eigenvalue weighted by Crippen LogP contribution is 2.31. The lowest BCUT2D eigenvalue weighted by Crippen LogP contribution is -2.43. The molecule has 19 heavy (non-hydrogen) atoms. The van der Waals surface area contributed by atoms with E-state index in [9.17, 15) is 8.42 Å². The summed E-state index contributed by atoms with van der Waals surface area (Å²) in [7, 11) is -3.40. The monoisotopic (exact) mass is 302 g/mol. The molecule has 0 aromatic carbocycles. The van der Waals surface area contributed by atoms with Gasteiger partial charge >= 0.3 is 0 Å². The average Bonchev–Trinajstić information content (AvgIpc) is 2.94. The highest BCUT2D eigenvalue weighted by atomic mass is 32.2. The van der Waals surface area contributed by atoms with Gasteiger partial charge in [-0.2, -0.15) is 0 Å². The van der Waals surface area contributed by atoms with Crippen molar-refractivity contribution < 1.29 is 8.42 Å². The molecule has 1 aromatic heterocycles. The second-order valence-corrected chi connectivity index (χ2v) is 8.01. The van der Waals surface area contributed by atoms with Crippen molar-refractivity contribution in [2.75, 3.05) is 6.54 Å². The predicted molar refractivity (Wildman–Crippen MR) is 78.9 cm³/mol. The zero-order chi connectivity index (χ0) is 13.9. The minimum atomic E-state index is -3.40. The highest BCUT2D eigenvalue weighted by molar-refractivity contribution is 7.89. The molecule has 4 nitrogen and oxygen atoms in total. The molecule has 1 fully saturated rings. The van der Waals surface area contributed by atoms with Crippen molar-refractivity contribution in [3.05, 3.63) is 16.3 Å². The van der Waals surface area contributed by atoms with Crippen molar-refractivity contribution in [1.82, 2.24) is 10.0 Å². The summed E-state index contributed by atoms with van der Waals surface area (Å²) >= 11 is 1.49. The minimum Gasteiger partial charge on any atom is -0.312 e. The van der Waals surface area contributed by atoms with E-state index >= 15 is 0 Å². The summed E-state index contributed by atoms with van der Waals surface area (Å²) < 4.78 is 27.9. The average molecular weight is 302 g/mol. The summed E-state index contributed by atoms with van der Waals surface area (Å²) in [5.41, 5.74) is -0.268. The third-order valence-corrected chi connectivity index (χ3v) is 6.39. The third-order valence-electron chi connectivity index (χ3n) is 3.62. The van der Waals surface area contributed by atoms with Crippen LogP contribution < -0.4 is 10.0 Å². The fourth-order valence-corrected chi connectivity index (χ4v) is 5.45. The van der Waals surface area contributed by atoms with E-state index in [4.69, 9.17) is 0 Å². The summed E-state index contributed by atoms with van der Waals surface area (Å²) in [4.78, 5) is 1.32. The first-order chi connectivity index (χ1) is 8.97. The lowest BCUT2D eigenvalue weighted by atomic mass is 10.0. The van der Waals surface area contributed by atoms with Gasteiger partial charge in [0.1, 0.15) is 0 Å². The summed E-state index contributed by atoms with van der Waals surface area (Å²) in [6.07, 6.45) is 4.07. The van der Waals surface area contributed by atoms with E-state index in [-0.39, 0.29) is 5.54 Å². The van der Waals surface area contributed by atoms with E-state index < -0.39 is 10.0 Å². The fraction of sp³-hybridized carbons (Fsp3) is 0.692. The van der Waals surface area contributed by atoms with Crippen LogP contribution in [0.5, 0.6) is 0 Å². The first kappa shape index (κ1) is 15.0. The maximum absolute atomic E-state index is 12.5. The molecule has 1 aromatic rings. The van der Waals surface area contributed by atoms with Gasteiger partial charge in [0, 0.05) is 17.0 Å². The molecule has 0 bridgehead atoms. The van der Waals surface area contributed by atoms with Gasteiger partial charge in [0.05, 0.1) is 4.90 Å². The smallest absolute Gasteiger partial charge is 0.242 e. The predicted octanol–water partition coefficient (Wildman–Crippen LogP) is 2.47. The van der Waals surface area contributed by atoms with Crippen molar-refractivity contribution >= 4 is 21.4 Å². The van der Waals surface area contributed by atoms with Crippen LogP contribution in [-0.4, -0.2) is 20.5 Å². The molecular weight excluding hydrogens is 280 g/mol. The Balaban J connectivity index is 2.17. The molecule has 2 rings (SSSR count). The summed E-state index contributed by atoms with van der Waals surface area (Å²) in [5.74, 6) is 0. The second kappa shape index (κ2) is 5.91. The quantitative estimate of drug-likeness (QED) is 0.848. The van der Waals surface area contributed by atoms with Gasteiger partial charge in [-0.05, 0) is 37.8 Å². The number of nitrogens with one attached hydrogen (secondary N) is 2. The Kier molecular flexibility index (Phi) is 4.66. The van der Waals surface area contributed by atoms with Crippen molar-refractivity contribution in [2.45, 2.75) is 56.5 Å². The molecule has 0 atom stereocenters. The zero-order valence-electron chi connectivity index (χ0n) is 11.5. The molecule has 6 heteroatoms. The van der Waals surface area contributed by atoms with Crippen LogP contribution in [0.1, 0.15) is 44.4 Å². The number of hydrogen-bond donors (Lipinski definition) is 2. The van der Waals surface area contributed by atoms with E-state index in [2.05, 4.69) is 10.0 Å². The van der Waals surface area contributed by atoms with Crippen LogP contribution in [-0.2, 0) is 16.6 Å². The third kappa shape index (κ3) is 3.56. The van der Waals surface area contributed by atoms with Gasteiger partial charge in [-0.3, -0.25) is 0 Å². The Hall–Kier alpha value is -0.430. The van der Waals surface area contributed by atoms with Gasteiger partial charge in [0.25, 0.3) is 0 Å². The molecule has 2 N–H and O–H groups in total. The molecule has 0 saturated heterocycles. The normalized spacial score (nSPS) is 18.8. The molecule has 0 radical (unpaired) electrons. The van der Waals surface area contributed by atoms with Crippen LogP contribution >= 0.6 is 11.3 Å². The van der Waals surface area contributed by atoms with E-state index in [0.29, 0.717) is 11.4 Å². The maximum Gasteiger partial charge on any atom is 0.242 e. The van der Waals surface area contributed by atoms with Crippen molar-refractivity contribution in [2.24, 2.45) is 0 Å². The van der Waals surface area contributed by atoms with E-state index in [1.165, 1.54) is 11.3 Å². The molecule has 1 aliphatic carbocycles. The first-order valence-electron chi connectivity index (χ1n) is 6.78. The van der Waals surface area contributed by atoms with Gasteiger partial charge < -0.3 is 5.32 Å². The Morgan fingerprint density at radius 3 is 2.68 bits per heavy atom. The summed E-state index contributed by atoms with van der Waals surface area (Å²) in [6, 6.07) is 1.71.